The van der Waals surface area contributed by atoms with Gasteiger partial charge in [-0.2, -0.15) is 0 Å². The largest absolute Gasteiger partial charge is 0.276 e. The van der Waals surface area contributed by atoms with E-state index in [2.05, 4.69) is 23.3 Å². The second-order valence-corrected chi connectivity index (χ2v) is 2.90. The fraction of sp³-hybridized carbons (Fsp3) is 0.600. The van der Waals surface area contributed by atoms with Crippen molar-refractivity contribution in [2.24, 2.45) is 0 Å². The first-order valence-electron chi connectivity index (χ1n) is 2.48. The lowest BCUT2D eigenvalue weighted by molar-refractivity contribution is 0.874. The molecule has 2 heteroatoms. The van der Waals surface area contributed by atoms with Crippen LogP contribution < -0.4 is 5.09 Å². The summed E-state index contributed by atoms with van der Waals surface area (Å²) in [4.78, 5) is 0. The molecule has 1 rings (SSSR count). The van der Waals surface area contributed by atoms with E-state index in [0.717, 1.165) is 6.54 Å². The molecule has 0 aromatic rings. The second kappa shape index (κ2) is 2.31. The Bertz CT molecular complexity index is 103. The molecule has 0 saturated heterocycles. The van der Waals surface area contributed by atoms with Gasteiger partial charge in [-0.3, -0.25) is 5.09 Å². The van der Waals surface area contributed by atoms with E-state index >= 15 is 0 Å². The molecule has 0 aliphatic carbocycles. The lowest BCUT2D eigenvalue weighted by atomic mass is 10.5. The van der Waals surface area contributed by atoms with Gasteiger partial charge in [0, 0.05) is 6.54 Å². The van der Waals surface area contributed by atoms with Crippen LogP contribution in [-0.4, -0.2) is 6.54 Å². The summed E-state index contributed by atoms with van der Waals surface area (Å²) in [5.41, 5.74) is 5.95. The molecule has 0 aromatic carbocycles. The van der Waals surface area contributed by atoms with Crippen LogP contribution in [0.3, 0.4) is 0 Å². The highest BCUT2D eigenvalue weighted by atomic mass is 31.1. The fourth-order valence-corrected chi connectivity index (χ4v) is 1.13. The van der Waals surface area contributed by atoms with Crippen LogP contribution in [0.25, 0.3) is 0 Å². The molecule has 0 radical (unpaired) electrons. The monoisotopic (exact) mass is 113 g/mol. The van der Waals surface area contributed by atoms with Gasteiger partial charge in [0.1, 0.15) is 8.07 Å². The van der Waals surface area contributed by atoms with Crippen molar-refractivity contribution in [1.82, 2.24) is 5.09 Å². The quantitative estimate of drug-likeness (QED) is 0.430. The SMILES string of the molecule is CCCNP1C#C1. The molecule has 1 nitrogen and oxygen atoms in total. The van der Waals surface area contributed by atoms with E-state index in [1.807, 2.05) is 0 Å². The number of rotatable bonds is 3. The van der Waals surface area contributed by atoms with E-state index in [1.165, 1.54) is 6.42 Å². The number of hydrogen-bond donors (Lipinski definition) is 1. The Balaban J connectivity index is 1.82. The smallest absolute Gasteiger partial charge is 0.122 e. The minimum Gasteiger partial charge on any atom is -0.276 e. The summed E-state index contributed by atoms with van der Waals surface area (Å²) in [6.45, 7) is 3.28. The highest BCUT2D eigenvalue weighted by molar-refractivity contribution is 7.72. The van der Waals surface area contributed by atoms with Crippen LogP contribution in [0.4, 0.5) is 0 Å². The van der Waals surface area contributed by atoms with Gasteiger partial charge in [0.15, 0.2) is 0 Å². The van der Waals surface area contributed by atoms with Crippen molar-refractivity contribution >= 4 is 8.07 Å². The van der Waals surface area contributed by atoms with Crippen LogP contribution in [0.5, 0.6) is 0 Å². The van der Waals surface area contributed by atoms with Crippen LogP contribution in [0.2, 0.25) is 0 Å². The summed E-state index contributed by atoms with van der Waals surface area (Å²) in [5.74, 6) is 0. The van der Waals surface area contributed by atoms with Crippen molar-refractivity contribution in [2.75, 3.05) is 6.54 Å². The molecular weight excluding hydrogens is 105 g/mol. The van der Waals surface area contributed by atoms with Gasteiger partial charge in [-0.05, 0) is 17.7 Å². The van der Waals surface area contributed by atoms with Gasteiger partial charge < -0.3 is 0 Å². The summed E-state index contributed by atoms with van der Waals surface area (Å²) in [7, 11) is -0.106. The Morgan fingerprint density at radius 3 is 2.71 bits per heavy atom. The average molecular weight is 113 g/mol. The van der Waals surface area contributed by atoms with Crippen molar-refractivity contribution in [3.8, 4) is 11.3 Å². The molecule has 1 N–H and O–H groups in total. The van der Waals surface area contributed by atoms with Gasteiger partial charge in [0.05, 0.1) is 0 Å². The molecule has 0 amide bonds. The van der Waals surface area contributed by atoms with Crippen LogP contribution >= 0.6 is 8.07 Å². The molecule has 0 unspecified atom stereocenters. The maximum Gasteiger partial charge on any atom is 0.122 e. The number of nitrogens with one attached hydrogen (secondary N) is 1. The first-order chi connectivity index (χ1) is 3.43. The van der Waals surface area contributed by atoms with E-state index in [-0.39, 0.29) is 8.07 Å². The highest BCUT2D eigenvalue weighted by Gasteiger charge is 2.06. The molecule has 1 aliphatic heterocycles. The third-order valence-corrected chi connectivity index (χ3v) is 1.73. The zero-order valence-electron chi connectivity index (χ0n) is 4.36. The summed E-state index contributed by atoms with van der Waals surface area (Å²) in [5, 5.41) is 3.25. The van der Waals surface area contributed by atoms with Gasteiger partial charge >= 0.3 is 0 Å². The standard InChI is InChI=1S/C5H8NP/c1-2-3-6-7-4-5-7/h6H,2-3H2,1H3. The van der Waals surface area contributed by atoms with Crippen molar-refractivity contribution in [1.29, 1.82) is 0 Å². The molecule has 0 fully saturated rings. The minimum absolute atomic E-state index is 0.106. The van der Waals surface area contributed by atoms with Gasteiger partial charge in [-0.15, -0.1) is 0 Å². The molecular formula is C5H8NP. The van der Waals surface area contributed by atoms with E-state index in [1.54, 1.807) is 0 Å². The Morgan fingerprint density at radius 2 is 2.29 bits per heavy atom. The summed E-state index contributed by atoms with van der Waals surface area (Å²) in [6, 6.07) is 0. The molecule has 0 saturated carbocycles. The van der Waals surface area contributed by atoms with Crippen LogP contribution in [-0.2, 0) is 0 Å². The van der Waals surface area contributed by atoms with Crippen molar-refractivity contribution < 1.29 is 0 Å². The van der Waals surface area contributed by atoms with Crippen molar-refractivity contribution in [3.63, 3.8) is 0 Å². The Morgan fingerprint density at radius 1 is 1.57 bits per heavy atom. The first kappa shape index (κ1) is 5.09. The maximum absolute atomic E-state index is 3.25. The fourth-order valence-electron chi connectivity index (χ4n) is 0.328. The lowest BCUT2D eigenvalue weighted by Gasteiger charge is -1.93. The third kappa shape index (κ3) is 1.92. The van der Waals surface area contributed by atoms with Crippen LogP contribution in [0.1, 0.15) is 13.3 Å². The predicted octanol–water partition coefficient (Wildman–Crippen LogP) is 1.31. The number of hydrogen-bond acceptors (Lipinski definition) is 1. The van der Waals surface area contributed by atoms with Crippen LogP contribution in [0.15, 0.2) is 0 Å². The highest BCUT2D eigenvalue weighted by Crippen LogP contribution is 2.37. The van der Waals surface area contributed by atoms with Gasteiger partial charge in [0.25, 0.3) is 0 Å². The maximum atomic E-state index is 3.25. The summed E-state index contributed by atoms with van der Waals surface area (Å²) >= 11 is 0. The molecule has 0 aromatic heterocycles. The zero-order valence-corrected chi connectivity index (χ0v) is 5.26. The van der Waals surface area contributed by atoms with Gasteiger partial charge in [-0.25, -0.2) is 0 Å². The Kier molecular flexibility index (Phi) is 1.68. The van der Waals surface area contributed by atoms with E-state index < -0.39 is 0 Å². The second-order valence-electron chi connectivity index (χ2n) is 1.47. The predicted molar refractivity (Wildman–Crippen MR) is 33.0 cm³/mol. The van der Waals surface area contributed by atoms with Gasteiger partial charge in [0.2, 0.25) is 0 Å². The molecule has 1 aliphatic rings. The zero-order chi connectivity index (χ0) is 5.11. The van der Waals surface area contributed by atoms with Crippen molar-refractivity contribution in [3.05, 3.63) is 0 Å². The summed E-state index contributed by atoms with van der Waals surface area (Å²) < 4.78 is 0. The van der Waals surface area contributed by atoms with Crippen LogP contribution in [0, 0.1) is 11.3 Å². The Labute approximate surface area is 45.3 Å². The molecule has 38 valence electrons. The molecule has 7 heavy (non-hydrogen) atoms. The molecule has 0 atom stereocenters. The topological polar surface area (TPSA) is 12.0 Å². The molecule has 0 spiro atoms. The van der Waals surface area contributed by atoms with E-state index in [9.17, 15) is 0 Å². The van der Waals surface area contributed by atoms with E-state index in [0.29, 0.717) is 0 Å². The van der Waals surface area contributed by atoms with Crippen molar-refractivity contribution in [2.45, 2.75) is 13.3 Å². The first-order valence-corrected chi connectivity index (χ1v) is 3.82. The van der Waals surface area contributed by atoms with E-state index in [4.69, 9.17) is 0 Å². The third-order valence-electron chi connectivity index (χ3n) is 0.744. The lowest BCUT2D eigenvalue weighted by Crippen LogP contribution is -2.01. The molecule has 0 bridgehead atoms. The minimum atomic E-state index is -0.106. The Hall–Kier alpha value is -0.0500. The van der Waals surface area contributed by atoms with Gasteiger partial charge in [-0.1, -0.05) is 6.92 Å². The average Bonchev–Trinajstić information content (AvgIpc) is 2.42. The molecule has 1 heterocycles. The normalized spacial score (nSPS) is 15.6. The summed E-state index contributed by atoms with van der Waals surface area (Å²) in [6.07, 6.45) is 1.21.